The predicted molar refractivity (Wildman–Crippen MR) is 77.2 cm³/mol. The molecule has 7 heteroatoms. The number of aliphatic hydroxyl groups is 1. The maximum atomic E-state index is 11.6. The van der Waals surface area contributed by atoms with Crippen LogP contribution in [0.1, 0.15) is 25.0 Å². The Bertz CT molecular complexity index is 645. The van der Waals surface area contributed by atoms with Crippen molar-refractivity contribution in [2.45, 2.75) is 25.0 Å². The lowest BCUT2D eigenvalue weighted by molar-refractivity contribution is 0.160. The van der Waals surface area contributed by atoms with Crippen molar-refractivity contribution in [2.75, 3.05) is 24.8 Å². The van der Waals surface area contributed by atoms with Crippen LogP contribution in [0.25, 0.3) is 0 Å². The second-order valence-electron chi connectivity index (χ2n) is 5.91. The molecular weight excluding hydrogens is 294 g/mol. The number of rotatable bonds is 4. The predicted octanol–water partition coefficient (Wildman–Crippen LogP) is 0.616. The summed E-state index contributed by atoms with van der Waals surface area (Å²) in [5, 5.41) is 13.4. The number of aliphatic hydroxyl groups excluding tert-OH is 1. The minimum Gasteiger partial charge on any atom is -0.454 e. The van der Waals surface area contributed by atoms with E-state index in [-0.39, 0.29) is 18.3 Å². The van der Waals surface area contributed by atoms with E-state index in [0.29, 0.717) is 24.5 Å². The van der Waals surface area contributed by atoms with E-state index in [1.165, 1.54) is 0 Å². The summed E-state index contributed by atoms with van der Waals surface area (Å²) in [6, 6.07) is 5.30. The quantitative estimate of drug-likeness (QED) is 0.847. The second-order valence-corrected chi connectivity index (χ2v) is 8.10. The monoisotopic (exact) mass is 313 g/mol. The highest BCUT2D eigenvalue weighted by atomic mass is 32.2. The minimum absolute atomic E-state index is 0.119. The van der Waals surface area contributed by atoms with Crippen LogP contribution >= 0.6 is 0 Å². The number of benzene rings is 1. The van der Waals surface area contributed by atoms with Gasteiger partial charge in [0, 0.05) is 12.1 Å². The number of hydrogen-bond acceptors (Lipinski definition) is 6. The van der Waals surface area contributed by atoms with Gasteiger partial charge >= 0.3 is 0 Å². The van der Waals surface area contributed by atoms with E-state index in [1.54, 1.807) is 18.2 Å². The summed E-state index contributed by atoms with van der Waals surface area (Å²) in [5.74, 6) is 1.62. The fourth-order valence-electron chi connectivity index (χ4n) is 2.73. The average molecular weight is 313 g/mol. The van der Waals surface area contributed by atoms with Crippen molar-refractivity contribution in [2.24, 2.45) is 0 Å². The molecule has 0 radical (unpaired) electrons. The topological polar surface area (TPSA) is 84.9 Å². The highest BCUT2D eigenvalue weighted by molar-refractivity contribution is 7.91. The van der Waals surface area contributed by atoms with Gasteiger partial charge in [-0.25, -0.2) is 8.42 Å². The maximum Gasteiger partial charge on any atom is 0.231 e. The third-order valence-electron chi connectivity index (χ3n) is 4.01. The van der Waals surface area contributed by atoms with Crippen molar-refractivity contribution in [1.29, 1.82) is 0 Å². The van der Waals surface area contributed by atoms with E-state index in [4.69, 9.17) is 9.47 Å². The maximum absolute atomic E-state index is 11.6. The molecule has 1 saturated heterocycles. The molecule has 2 aliphatic heterocycles. The standard InChI is InChI=1S/C14H19NO5S/c1-14(4-5-21(17,18)8-14)15-7-11(16)10-2-3-12-13(6-10)20-9-19-12/h2-3,6,11,15-16H,4-5,7-9H2,1H3. The third-order valence-corrected chi connectivity index (χ3v) is 5.91. The van der Waals surface area contributed by atoms with E-state index >= 15 is 0 Å². The van der Waals surface area contributed by atoms with Crippen molar-refractivity contribution in [3.8, 4) is 11.5 Å². The number of nitrogens with one attached hydrogen (secondary N) is 1. The van der Waals surface area contributed by atoms with E-state index in [9.17, 15) is 13.5 Å². The summed E-state index contributed by atoms with van der Waals surface area (Å²) in [7, 11) is -2.96. The first-order valence-corrected chi connectivity index (χ1v) is 8.72. The van der Waals surface area contributed by atoms with Gasteiger partial charge in [-0.15, -0.1) is 0 Å². The van der Waals surface area contributed by atoms with Gasteiger partial charge in [-0.2, -0.15) is 0 Å². The molecule has 2 aliphatic rings. The molecule has 2 N–H and O–H groups in total. The Morgan fingerprint density at radius 1 is 1.38 bits per heavy atom. The molecule has 2 heterocycles. The molecule has 1 aromatic carbocycles. The minimum atomic E-state index is -2.96. The molecule has 2 unspecified atom stereocenters. The van der Waals surface area contributed by atoms with E-state index < -0.39 is 21.5 Å². The lowest BCUT2D eigenvalue weighted by atomic mass is 10.0. The highest BCUT2D eigenvalue weighted by Gasteiger charge is 2.38. The van der Waals surface area contributed by atoms with Crippen molar-refractivity contribution in [3.05, 3.63) is 23.8 Å². The summed E-state index contributed by atoms with van der Waals surface area (Å²) in [6.07, 6.45) is -0.150. The molecule has 0 saturated carbocycles. The molecule has 116 valence electrons. The smallest absolute Gasteiger partial charge is 0.231 e. The normalized spacial score (nSPS) is 27.7. The molecule has 0 bridgehead atoms. The fourth-order valence-corrected chi connectivity index (χ4v) is 4.85. The Morgan fingerprint density at radius 2 is 2.14 bits per heavy atom. The van der Waals surface area contributed by atoms with Crippen LogP contribution in [0.15, 0.2) is 18.2 Å². The summed E-state index contributed by atoms with van der Waals surface area (Å²) in [4.78, 5) is 0. The molecule has 0 spiro atoms. The van der Waals surface area contributed by atoms with Gasteiger partial charge in [0.05, 0.1) is 17.6 Å². The summed E-state index contributed by atoms with van der Waals surface area (Å²) in [6.45, 7) is 2.37. The molecule has 1 aromatic rings. The molecular formula is C14H19NO5S. The molecule has 2 atom stereocenters. The first-order valence-electron chi connectivity index (χ1n) is 6.90. The fraction of sp³-hybridized carbons (Fsp3) is 0.571. The number of fused-ring (bicyclic) bond motifs is 1. The first-order chi connectivity index (χ1) is 9.87. The summed E-state index contributed by atoms with van der Waals surface area (Å²) in [5.41, 5.74) is 0.257. The van der Waals surface area contributed by atoms with Crippen molar-refractivity contribution in [1.82, 2.24) is 5.32 Å². The molecule has 0 amide bonds. The van der Waals surface area contributed by atoms with Crippen LogP contribution in [0.5, 0.6) is 11.5 Å². The van der Waals surface area contributed by atoms with Crippen LogP contribution in [0.4, 0.5) is 0 Å². The van der Waals surface area contributed by atoms with Crippen molar-refractivity contribution in [3.63, 3.8) is 0 Å². The number of β-amino-alcohol motifs (C(OH)–C–C–N with tert-alkyl or cyclic N) is 1. The molecule has 3 rings (SSSR count). The first kappa shape index (κ1) is 14.6. The lowest BCUT2D eigenvalue weighted by Gasteiger charge is -2.25. The van der Waals surface area contributed by atoms with E-state index in [0.717, 1.165) is 5.56 Å². The number of hydrogen-bond donors (Lipinski definition) is 2. The zero-order valence-corrected chi connectivity index (χ0v) is 12.6. The van der Waals surface area contributed by atoms with Gasteiger partial charge in [-0.05, 0) is 31.0 Å². The zero-order valence-electron chi connectivity index (χ0n) is 11.8. The van der Waals surface area contributed by atoms with Crippen LogP contribution in [0.2, 0.25) is 0 Å². The largest absolute Gasteiger partial charge is 0.454 e. The number of ether oxygens (including phenoxy) is 2. The second kappa shape index (κ2) is 5.15. The van der Waals surface area contributed by atoms with Crippen molar-refractivity contribution >= 4 is 9.84 Å². The van der Waals surface area contributed by atoms with Crippen LogP contribution in [0, 0.1) is 0 Å². The SMILES string of the molecule is CC1(NCC(O)c2ccc3c(c2)OCO3)CCS(=O)(=O)C1. The lowest BCUT2D eigenvalue weighted by Crippen LogP contribution is -2.45. The molecule has 6 nitrogen and oxygen atoms in total. The Morgan fingerprint density at radius 3 is 2.86 bits per heavy atom. The van der Waals surface area contributed by atoms with Crippen LogP contribution in [-0.2, 0) is 9.84 Å². The van der Waals surface area contributed by atoms with E-state index in [2.05, 4.69) is 5.32 Å². The van der Waals surface area contributed by atoms with Crippen molar-refractivity contribution < 1.29 is 23.0 Å². The Kier molecular flexibility index (Phi) is 3.59. The molecule has 1 fully saturated rings. The van der Waals surface area contributed by atoms with Gasteiger partial charge in [0.25, 0.3) is 0 Å². The molecule has 0 aromatic heterocycles. The summed E-state index contributed by atoms with van der Waals surface area (Å²) < 4.78 is 33.6. The van der Waals surface area contributed by atoms with Gasteiger partial charge in [0.1, 0.15) is 0 Å². The average Bonchev–Trinajstić information content (AvgIpc) is 3.00. The van der Waals surface area contributed by atoms with Gasteiger partial charge < -0.3 is 19.9 Å². The molecule has 0 aliphatic carbocycles. The van der Waals surface area contributed by atoms with Crippen LogP contribution in [0.3, 0.4) is 0 Å². The van der Waals surface area contributed by atoms with Gasteiger partial charge in [0.15, 0.2) is 21.3 Å². The van der Waals surface area contributed by atoms with Gasteiger partial charge in [-0.3, -0.25) is 0 Å². The third kappa shape index (κ3) is 3.14. The van der Waals surface area contributed by atoms with Crippen LogP contribution < -0.4 is 14.8 Å². The van der Waals surface area contributed by atoms with E-state index in [1.807, 2.05) is 6.92 Å². The Balaban J connectivity index is 1.63. The molecule has 21 heavy (non-hydrogen) atoms. The Hall–Kier alpha value is -1.31. The van der Waals surface area contributed by atoms with Gasteiger partial charge in [-0.1, -0.05) is 6.07 Å². The van der Waals surface area contributed by atoms with Crippen LogP contribution in [-0.4, -0.2) is 43.9 Å². The van der Waals surface area contributed by atoms with Gasteiger partial charge in [0.2, 0.25) is 6.79 Å². The summed E-state index contributed by atoms with van der Waals surface area (Å²) >= 11 is 0. The Labute approximate surface area is 124 Å². The number of sulfone groups is 1. The highest BCUT2D eigenvalue weighted by Crippen LogP contribution is 2.34. The zero-order chi connectivity index (χ0) is 15.1.